The minimum absolute atomic E-state index is 0.0153. The summed E-state index contributed by atoms with van der Waals surface area (Å²) in [5, 5.41) is 19.0. The third-order valence-corrected chi connectivity index (χ3v) is 12.3. The van der Waals surface area contributed by atoms with E-state index in [4.69, 9.17) is 28.8 Å². The molecule has 2 aliphatic heterocycles. The predicted molar refractivity (Wildman–Crippen MR) is 219 cm³/mol. The second kappa shape index (κ2) is 18.5. The van der Waals surface area contributed by atoms with Crippen LogP contribution in [-0.2, 0) is 31.9 Å². The fraction of sp³-hybridized carbons (Fsp3) is 0.535. The van der Waals surface area contributed by atoms with Crippen LogP contribution in [-0.4, -0.2) is 86.7 Å². The third kappa shape index (κ3) is 10.0. The highest BCUT2D eigenvalue weighted by Crippen LogP contribution is 2.36. The van der Waals surface area contributed by atoms with Crippen molar-refractivity contribution in [2.24, 2.45) is 0 Å². The van der Waals surface area contributed by atoms with Gasteiger partial charge in [-0.15, -0.1) is 0 Å². The second-order valence-electron chi connectivity index (χ2n) is 15.8. The molecule has 10 nitrogen and oxygen atoms in total. The Morgan fingerprint density at radius 1 is 1.04 bits per heavy atom. The number of halogens is 1. The molecule has 2 fully saturated rings. The van der Waals surface area contributed by atoms with Gasteiger partial charge in [0.25, 0.3) is 0 Å². The van der Waals surface area contributed by atoms with E-state index in [1.54, 1.807) is 12.1 Å². The number of fused-ring (bicyclic) bond motifs is 1. The molecular formula is C43H60FN5O5Si. The van der Waals surface area contributed by atoms with Crippen molar-refractivity contribution in [2.45, 2.75) is 103 Å². The van der Waals surface area contributed by atoms with Crippen LogP contribution in [0.25, 0.3) is 22.0 Å². The summed E-state index contributed by atoms with van der Waals surface area (Å²) < 4.78 is 48.0. The van der Waals surface area contributed by atoms with Crippen molar-refractivity contribution in [3.05, 3.63) is 83.3 Å². The lowest BCUT2D eigenvalue weighted by molar-refractivity contribution is -0.265. The van der Waals surface area contributed by atoms with E-state index in [0.29, 0.717) is 51.5 Å². The maximum absolute atomic E-state index is 15.6. The molecule has 12 heteroatoms. The molecule has 1 aromatic heterocycles. The number of amidine groups is 1. The van der Waals surface area contributed by atoms with Crippen LogP contribution in [0.3, 0.4) is 0 Å². The SMILES string of the molecule is CCOC1(OCC)CCN(Cc2ccccc2)CC1NC(=N)c1nn(C2CCCCO2)c2cc(-c3cc(F)c(OCOCC[Si](C)(C)C)cc3CC)ccc12. The van der Waals surface area contributed by atoms with Gasteiger partial charge in [-0.25, -0.2) is 9.07 Å². The highest BCUT2D eigenvalue weighted by Gasteiger charge is 2.46. The first-order valence-electron chi connectivity index (χ1n) is 20.1. The molecule has 2 atom stereocenters. The van der Waals surface area contributed by atoms with Crippen molar-refractivity contribution < 1.29 is 28.1 Å². The van der Waals surface area contributed by atoms with Crippen molar-refractivity contribution in [1.29, 1.82) is 5.41 Å². The first-order chi connectivity index (χ1) is 26.5. The Hall–Kier alpha value is -3.65. The summed E-state index contributed by atoms with van der Waals surface area (Å²) in [6.45, 7) is 17.4. The fourth-order valence-corrected chi connectivity index (χ4v) is 8.43. The Balaban J connectivity index is 1.30. The summed E-state index contributed by atoms with van der Waals surface area (Å²) in [6, 6.07) is 20.5. The fourth-order valence-electron chi connectivity index (χ4n) is 7.67. The molecule has 0 amide bonds. The van der Waals surface area contributed by atoms with Gasteiger partial charge in [0, 0.05) is 65.9 Å². The number of benzene rings is 3. The van der Waals surface area contributed by atoms with Gasteiger partial charge in [-0.3, -0.25) is 10.3 Å². The van der Waals surface area contributed by atoms with Gasteiger partial charge in [0.2, 0.25) is 0 Å². The molecule has 0 spiro atoms. The van der Waals surface area contributed by atoms with E-state index in [2.05, 4.69) is 67.1 Å². The normalized spacial score (nSPS) is 19.1. The van der Waals surface area contributed by atoms with Gasteiger partial charge in [0.05, 0.1) is 11.6 Å². The Kier molecular flexibility index (Phi) is 13.8. The van der Waals surface area contributed by atoms with Crippen LogP contribution in [0.5, 0.6) is 5.75 Å². The van der Waals surface area contributed by atoms with Gasteiger partial charge in [-0.05, 0) is 92.1 Å². The molecule has 2 N–H and O–H groups in total. The number of hydrogen-bond acceptors (Lipinski definition) is 8. The number of aryl methyl sites for hydroxylation is 1. The van der Waals surface area contributed by atoms with Gasteiger partial charge >= 0.3 is 0 Å². The number of nitrogens with zero attached hydrogens (tertiary/aromatic N) is 3. The van der Waals surface area contributed by atoms with E-state index < -0.39 is 19.7 Å². The van der Waals surface area contributed by atoms with E-state index in [0.717, 1.165) is 66.0 Å². The molecular weight excluding hydrogens is 714 g/mol. The molecule has 0 radical (unpaired) electrons. The lowest BCUT2D eigenvalue weighted by atomic mass is 9.95. The first kappa shape index (κ1) is 41.0. The number of nitrogens with one attached hydrogen (secondary N) is 2. The monoisotopic (exact) mass is 773 g/mol. The highest BCUT2D eigenvalue weighted by molar-refractivity contribution is 6.76. The minimum Gasteiger partial charge on any atom is -0.464 e. The largest absolute Gasteiger partial charge is 0.464 e. The van der Waals surface area contributed by atoms with Gasteiger partial charge in [0.15, 0.2) is 30.4 Å². The zero-order valence-corrected chi connectivity index (χ0v) is 34.6. The quantitative estimate of drug-likeness (QED) is 0.0361. The number of likely N-dealkylation sites (tertiary alicyclic amines) is 1. The molecule has 0 saturated carbocycles. The molecule has 4 aromatic rings. The number of rotatable bonds is 17. The van der Waals surface area contributed by atoms with Crippen LogP contribution in [0, 0.1) is 11.2 Å². The van der Waals surface area contributed by atoms with Gasteiger partial charge in [-0.1, -0.05) is 63.0 Å². The van der Waals surface area contributed by atoms with Crippen molar-refractivity contribution in [3.8, 4) is 16.9 Å². The maximum Gasteiger partial charge on any atom is 0.190 e. The lowest BCUT2D eigenvalue weighted by Gasteiger charge is -2.47. The summed E-state index contributed by atoms with van der Waals surface area (Å²) in [4.78, 5) is 2.39. The van der Waals surface area contributed by atoms with Crippen molar-refractivity contribution in [3.63, 3.8) is 0 Å². The van der Waals surface area contributed by atoms with Gasteiger partial charge in [-0.2, -0.15) is 5.10 Å². The summed E-state index contributed by atoms with van der Waals surface area (Å²) >= 11 is 0. The molecule has 0 aliphatic carbocycles. The molecule has 6 rings (SSSR count). The Bertz CT molecular complexity index is 1870. The van der Waals surface area contributed by atoms with Gasteiger partial charge < -0.3 is 29.0 Å². The Labute approximate surface area is 327 Å². The first-order valence-corrected chi connectivity index (χ1v) is 23.8. The molecule has 2 aliphatic rings. The van der Waals surface area contributed by atoms with E-state index in [1.807, 2.05) is 36.7 Å². The zero-order chi connectivity index (χ0) is 39.0. The summed E-state index contributed by atoms with van der Waals surface area (Å²) in [5.41, 5.74) is 5.21. The van der Waals surface area contributed by atoms with Gasteiger partial charge in [0.1, 0.15) is 11.5 Å². The Morgan fingerprint density at radius 3 is 2.51 bits per heavy atom. The average Bonchev–Trinajstić information content (AvgIpc) is 3.56. The van der Waals surface area contributed by atoms with E-state index in [9.17, 15) is 5.41 Å². The molecule has 3 heterocycles. The van der Waals surface area contributed by atoms with Crippen LogP contribution in [0.4, 0.5) is 4.39 Å². The van der Waals surface area contributed by atoms with Crippen molar-refractivity contribution in [1.82, 2.24) is 20.0 Å². The van der Waals surface area contributed by atoms with Crippen molar-refractivity contribution >= 4 is 24.8 Å². The van der Waals surface area contributed by atoms with E-state index in [-0.39, 0.29) is 30.6 Å². The second-order valence-corrected chi connectivity index (χ2v) is 21.5. The molecule has 2 unspecified atom stereocenters. The molecule has 298 valence electrons. The minimum atomic E-state index is -1.23. The van der Waals surface area contributed by atoms with Crippen LogP contribution < -0.4 is 10.1 Å². The van der Waals surface area contributed by atoms with Crippen molar-refractivity contribution in [2.75, 3.05) is 46.3 Å². The van der Waals surface area contributed by atoms with E-state index >= 15 is 4.39 Å². The number of hydrogen-bond donors (Lipinski definition) is 2. The molecule has 55 heavy (non-hydrogen) atoms. The van der Waals surface area contributed by atoms with Crippen LogP contribution in [0.1, 0.15) is 69.5 Å². The number of aromatic nitrogens is 2. The molecule has 0 bridgehead atoms. The van der Waals surface area contributed by atoms with Crippen LogP contribution in [0.2, 0.25) is 25.7 Å². The summed E-state index contributed by atoms with van der Waals surface area (Å²) in [7, 11) is -1.23. The van der Waals surface area contributed by atoms with Crippen LogP contribution >= 0.6 is 0 Å². The molecule has 2 saturated heterocycles. The topological polar surface area (TPSA) is 103 Å². The predicted octanol–water partition coefficient (Wildman–Crippen LogP) is 8.75. The zero-order valence-electron chi connectivity index (χ0n) is 33.6. The molecule has 3 aromatic carbocycles. The summed E-state index contributed by atoms with van der Waals surface area (Å²) in [6.07, 6.45) is 3.92. The van der Waals surface area contributed by atoms with E-state index in [1.165, 1.54) is 5.56 Å². The lowest BCUT2D eigenvalue weighted by Crippen LogP contribution is -2.64. The maximum atomic E-state index is 15.6. The number of piperidine rings is 1. The highest BCUT2D eigenvalue weighted by atomic mass is 28.3. The standard InChI is InChI=1S/C43H60FN5O5Si/c1-7-32-26-38(52-30-50-23-24-55(4,5)6)36(44)27-35(32)33-18-19-34-37(25-33)49(40-17-13-14-22-51-40)47-41(34)42(45)46-39-29-48(28-31-15-11-10-12-16-31)21-20-43(39,53-8-2)54-9-3/h10-12,15-16,18-19,25-27,39-40H,7-9,13-14,17,20-24,28-30H2,1-6H3,(H2,45,46). The van der Waals surface area contributed by atoms with Crippen LogP contribution in [0.15, 0.2) is 60.7 Å². The smallest absolute Gasteiger partial charge is 0.190 e. The average molecular weight is 774 g/mol. The Morgan fingerprint density at radius 2 is 1.82 bits per heavy atom. The third-order valence-electron chi connectivity index (χ3n) is 10.6. The number of ether oxygens (including phenoxy) is 5. The summed E-state index contributed by atoms with van der Waals surface area (Å²) in [5.74, 6) is -0.941.